The van der Waals surface area contributed by atoms with Gasteiger partial charge in [0, 0.05) is 32.6 Å². The first-order chi connectivity index (χ1) is 11.3. The third-order valence-electron chi connectivity index (χ3n) is 6.36. The van der Waals surface area contributed by atoms with Gasteiger partial charge >= 0.3 is 0 Å². The van der Waals surface area contributed by atoms with E-state index in [1.807, 2.05) is 7.05 Å². The Morgan fingerprint density at radius 1 is 1.26 bits per heavy atom. The second-order valence-corrected chi connectivity index (χ2v) is 7.74. The van der Waals surface area contributed by atoms with Crippen LogP contribution in [0.15, 0.2) is 29.3 Å². The highest BCUT2D eigenvalue weighted by molar-refractivity contribution is 5.80. The summed E-state index contributed by atoms with van der Waals surface area (Å²) in [5, 5.41) is 3.68. The highest BCUT2D eigenvalue weighted by atomic mass is 15.3. The molecule has 2 aliphatic carbocycles. The summed E-state index contributed by atoms with van der Waals surface area (Å²) in [5.74, 6) is 1.76. The van der Waals surface area contributed by atoms with Crippen molar-refractivity contribution in [1.29, 1.82) is 0 Å². The van der Waals surface area contributed by atoms with Gasteiger partial charge in [-0.15, -0.1) is 0 Å². The lowest BCUT2D eigenvalue weighted by Gasteiger charge is -2.38. The molecule has 1 N–H and O–H groups in total. The van der Waals surface area contributed by atoms with Gasteiger partial charge < -0.3 is 10.2 Å². The van der Waals surface area contributed by atoms with Crippen molar-refractivity contribution in [2.75, 3.05) is 26.7 Å². The molecule has 0 bridgehead atoms. The van der Waals surface area contributed by atoms with E-state index in [1.165, 1.54) is 58.0 Å². The molecule has 1 saturated carbocycles. The molecule has 1 unspecified atom stereocenters. The van der Waals surface area contributed by atoms with Gasteiger partial charge in [-0.05, 0) is 55.1 Å². The third kappa shape index (κ3) is 2.86. The van der Waals surface area contributed by atoms with Crippen molar-refractivity contribution < 1.29 is 0 Å². The van der Waals surface area contributed by atoms with Crippen LogP contribution in [0.2, 0.25) is 0 Å². The Bertz CT molecular complexity index is 588. The zero-order valence-corrected chi connectivity index (χ0v) is 14.4. The number of aryl methyl sites for hydroxylation is 1. The number of fused-ring (bicyclic) bond motifs is 1. The van der Waals surface area contributed by atoms with Gasteiger partial charge in [-0.3, -0.25) is 4.99 Å². The number of hydrogen-bond donors (Lipinski definition) is 1. The molecule has 0 radical (unpaired) electrons. The Kier molecular flexibility index (Phi) is 4.04. The number of likely N-dealkylation sites (tertiary alicyclic amines) is 1. The zero-order valence-electron chi connectivity index (χ0n) is 14.4. The summed E-state index contributed by atoms with van der Waals surface area (Å²) in [4.78, 5) is 7.06. The minimum absolute atomic E-state index is 0.634. The number of hydrogen-bond acceptors (Lipinski definition) is 1. The Balaban J connectivity index is 1.39. The SMILES string of the molecule is CN=C(NCC1CCCc2ccccc21)N1CCC2(CCC2)C1. The van der Waals surface area contributed by atoms with Crippen LogP contribution in [0.4, 0.5) is 0 Å². The van der Waals surface area contributed by atoms with Crippen molar-refractivity contribution in [3.8, 4) is 0 Å². The fourth-order valence-electron chi connectivity index (χ4n) is 4.81. The van der Waals surface area contributed by atoms with Crippen molar-refractivity contribution in [2.45, 2.75) is 50.9 Å². The minimum atomic E-state index is 0.634. The third-order valence-corrected chi connectivity index (χ3v) is 6.36. The van der Waals surface area contributed by atoms with Crippen molar-refractivity contribution >= 4 is 5.96 Å². The lowest BCUT2D eigenvalue weighted by Crippen LogP contribution is -2.44. The van der Waals surface area contributed by atoms with Crippen molar-refractivity contribution in [1.82, 2.24) is 10.2 Å². The molecule has 1 aromatic rings. The summed E-state index contributed by atoms with van der Waals surface area (Å²) in [6.07, 6.45) is 9.50. The van der Waals surface area contributed by atoms with Crippen LogP contribution in [0, 0.1) is 5.41 Å². The van der Waals surface area contributed by atoms with Gasteiger partial charge in [-0.1, -0.05) is 30.7 Å². The first-order valence-electron chi connectivity index (χ1n) is 9.33. The van der Waals surface area contributed by atoms with Crippen LogP contribution in [-0.4, -0.2) is 37.5 Å². The predicted molar refractivity (Wildman–Crippen MR) is 96.0 cm³/mol. The quantitative estimate of drug-likeness (QED) is 0.668. The van der Waals surface area contributed by atoms with Crippen LogP contribution in [0.25, 0.3) is 0 Å². The second-order valence-electron chi connectivity index (χ2n) is 7.74. The average Bonchev–Trinajstić information content (AvgIpc) is 3.01. The van der Waals surface area contributed by atoms with E-state index >= 15 is 0 Å². The molecule has 0 amide bonds. The maximum Gasteiger partial charge on any atom is 0.193 e. The number of nitrogens with one attached hydrogen (secondary N) is 1. The van der Waals surface area contributed by atoms with E-state index in [0.29, 0.717) is 11.3 Å². The summed E-state index contributed by atoms with van der Waals surface area (Å²) in [5.41, 5.74) is 3.74. The normalized spacial score (nSPS) is 26.0. The van der Waals surface area contributed by atoms with Crippen LogP contribution < -0.4 is 5.32 Å². The molecule has 124 valence electrons. The highest BCUT2D eigenvalue weighted by Crippen LogP contribution is 2.47. The first kappa shape index (κ1) is 15.0. The summed E-state index contributed by atoms with van der Waals surface area (Å²) in [6.45, 7) is 3.42. The Hall–Kier alpha value is -1.51. The van der Waals surface area contributed by atoms with Gasteiger partial charge in [0.2, 0.25) is 0 Å². The summed E-state index contributed by atoms with van der Waals surface area (Å²) < 4.78 is 0. The van der Waals surface area contributed by atoms with E-state index < -0.39 is 0 Å². The van der Waals surface area contributed by atoms with Crippen molar-refractivity contribution in [3.63, 3.8) is 0 Å². The molecule has 0 aromatic heterocycles. The Labute approximate surface area is 140 Å². The number of benzene rings is 1. The molecule has 23 heavy (non-hydrogen) atoms. The number of nitrogens with zero attached hydrogens (tertiary/aromatic N) is 2. The molecule has 2 fully saturated rings. The minimum Gasteiger partial charge on any atom is -0.356 e. The summed E-state index contributed by atoms with van der Waals surface area (Å²) in [7, 11) is 1.93. The Morgan fingerprint density at radius 2 is 2.13 bits per heavy atom. The molecule has 3 nitrogen and oxygen atoms in total. The lowest BCUT2D eigenvalue weighted by atomic mass is 9.68. The molecule has 1 spiro atoms. The molecule has 3 heteroatoms. The van der Waals surface area contributed by atoms with E-state index in [-0.39, 0.29) is 0 Å². The van der Waals surface area contributed by atoms with Crippen LogP contribution in [0.1, 0.15) is 55.6 Å². The molecule has 4 rings (SSSR count). The van der Waals surface area contributed by atoms with E-state index in [9.17, 15) is 0 Å². The van der Waals surface area contributed by atoms with E-state index in [4.69, 9.17) is 0 Å². The van der Waals surface area contributed by atoms with Crippen molar-refractivity contribution in [3.05, 3.63) is 35.4 Å². The number of aliphatic imine (C=N–C) groups is 1. The molecular formula is C20H29N3. The van der Waals surface area contributed by atoms with Crippen molar-refractivity contribution in [2.24, 2.45) is 10.4 Å². The number of rotatable bonds is 2. The predicted octanol–water partition coefficient (Wildman–Crippen LogP) is 3.56. The topological polar surface area (TPSA) is 27.6 Å². The maximum absolute atomic E-state index is 4.57. The number of guanidine groups is 1. The van der Waals surface area contributed by atoms with Gasteiger partial charge in [-0.2, -0.15) is 0 Å². The largest absolute Gasteiger partial charge is 0.356 e. The van der Waals surface area contributed by atoms with Gasteiger partial charge in [0.1, 0.15) is 0 Å². The monoisotopic (exact) mass is 311 g/mol. The standard InChI is InChI=1S/C20H29N3/c1-21-19(23-13-12-20(15-23)10-5-11-20)22-14-17-8-4-7-16-6-2-3-9-18(16)17/h2-3,6,9,17H,4-5,7-8,10-15H2,1H3,(H,21,22). The average molecular weight is 311 g/mol. The van der Waals surface area contributed by atoms with E-state index in [1.54, 1.807) is 11.1 Å². The van der Waals surface area contributed by atoms with E-state index in [2.05, 4.69) is 39.5 Å². The van der Waals surface area contributed by atoms with Gasteiger partial charge in [0.25, 0.3) is 0 Å². The van der Waals surface area contributed by atoms with Crippen LogP contribution in [0.3, 0.4) is 0 Å². The maximum atomic E-state index is 4.57. The van der Waals surface area contributed by atoms with Crippen LogP contribution in [-0.2, 0) is 6.42 Å². The molecule has 1 saturated heterocycles. The van der Waals surface area contributed by atoms with Crippen LogP contribution in [0.5, 0.6) is 0 Å². The molecule has 1 aliphatic heterocycles. The smallest absolute Gasteiger partial charge is 0.193 e. The van der Waals surface area contributed by atoms with Gasteiger partial charge in [0.05, 0.1) is 0 Å². The highest BCUT2D eigenvalue weighted by Gasteiger charge is 2.43. The lowest BCUT2D eigenvalue weighted by molar-refractivity contribution is 0.151. The fourth-order valence-corrected chi connectivity index (χ4v) is 4.81. The molecule has 1 atom stereocenters. The van der Waals surface area contributed by atoms with Gasteiger partial charge in [-0.25, -0.2) is 0 Å². The van der Waals surface area contributed by atoms with Crippen LogP contribution >= 0.6 is 0 Å². The molecule has 1 aromatic carbocycles. The van der Waals surface area contributed by atoms with E-state index in [0.717, 1.165) is 12.5 Å². The van der Waals surface area contributed by atoms with Gasteiger partial charge in [0.15, 0.2) is 5.96 Å². The molecule has 3 aliphatic rings. The molecular weight excluding hydrogens is 282 g/mol. The zero-order chi connectivity index (χ0) is 15.7. The second kappa shape index (κ2) is 6.18. The molecule has 1 heterocycles. The first-order valence-corrected chi connectivity index (χ1v) is 9.33. The summed E-state index contributed by atoms with van der Waals surface area (Å²) in [6, 6.07) is 8.99. The summed E-state index contributed by atoms with van der Waals surface area (Å²) >= 11 is 0. The Morgan fingerprint density at radius 3 is 2.87 bits per heavy atom. The fraction of sp³-hybridized carbons (Fsp3) is 0.650.